The first-order chi connectivity index (χ1) is 20.3. The Morgan fingerprint density at radius 3 is 2.24 bits per heavy atom. The van der Waals surface area contributed by atoms with Crippen molar-refractivity contribution in [1.29, 1.82) is 0 Å². The van der Waals surface area contributed by atoms with E-state index in [4.69, 9.17) is 25.5 Å². The van der Waals surface area contributed by atoms with E-state index in [-0.39, 0.29) is 23.8 Å². The van der Waals surface area contributed by atoms with Crippen molar-refractivity contribution in [2.24, 2.45) is 0 Å². The zero-order valence-electron chi connectivity index (χ0n) is 24.3. The quantitative estimate of drug-likeness (QED) is 0.138. The first-order valence-electron chi connectivity index (χ1n) is 14.1. The standard InChI is InChI=1S/C30H41ClN4O6S/c1-35(2)26-11-7-24(8-12-26)28-23-33-30(41-28)25-9-13-27(14-10-25)42(37,38)34-17-15-29(36)32-18-20-40-22-21-39-19-6-4-3-5-16-31/h7-14,23,34H,3-6,15-22H2,1-2H3,(H,32,36). The predicted octanol–water partition coefficient (Wildman–Crippen LogP) is 4.69. The highest BCUT2D eigenvalue weighted by Crippen LogP contribution is 2.28. The minimum absolute atomic E-state index is 0.0127. The second kappa shape index (κ2) is 17.9. The summed E-state index contributed by atoms with van der Waals surface area (Å²) in [5.74, 6) is 1.45. The number of hydrogen-bond acceptors (Lipinski definition) is 8. The zero-order chi connectivity index (χ0) is 30.2. The molecular weight excluding hydrogens is 580 g/mol. The minimum atomic E-state index is -3.78. The molecule has 0 aliphatic rings. The van der Waals surface area contributed by atoms with E-state index >= 15 is 0 Å². The molecule has 0 spiro atoms. The molecule has 1 aromatic heterocycles. The molecule has 3 aromatic rings. The number of ether oxygens (including phenoxy) is 2. The molecule has 3 rings (SSSR count). The summed E-state index contributed by atoms with van der Waals surface area (Å²) >= 11 is 5.65. The van der Waals surface area contributed by atoms with Gasteiger partial charge in [-0.15, -0.1) is 11.6 Å². The van der Waals surface area contributed by atoms with Gasteiger partial charge in [-0.05, 0) is 61.4 Å². The van der Waals surface area contributed by atoms with E-state index < -0.39 is 10.0 Å². The number of oxazole rings is 1. The Kier molecular flexibility index (Phi) is 14.3. The number of amides is 1. The van der Waals surface area contributed by atoms with Crippen LogP contribution in [0, 0.1) is 0 Å². The van der Waals surface area contributed by atoms with Gasteiger partial charge in [0.2, 0.25) is 21.8 Å². The van der Waals surface area contributed by atoms with Crippen LogP contribution in [0.2, 0.25) is 0 Å². The van der Waals surface area contributed by atoms with Crippen LogP contribution in [0.25, 0.3) is 22.8 Å². The number of hydrogen-bond donors (Lipinski definition) is 2. The fourth-order valence-electron chi connectivity index (χ4n) is 3.95. The zero-order valence-corrected chi connectivity index (χ0v) is 25.9. The van der Waals surface area contributed by atoms with Crippen LogP contribution < -0.4 is 14.9 Å². The Morgan fingerprint density at radius 1 is 0.881 bits per heavy atom. The van der Waals surface area contributed by atoms with Crippen molar-refractivity contribution in [2.75, 3.05) is 64.4 Å². The van der Waals surface area contributed by atoms with Crippen LogP contribution in [0.4, 0.5) is 5.69 Å². The number of rotatable bonds is 20. The van der Waals surface area contributed by atoms with Crippen LogP contribution in [0.5, 0.6) is 0 Å². The largest absolute Gasteiger partial charge is 0.436 e. The van der Waals surface area contributed by atoms with Crippen molar-refractivity contribution in [1.82, 2.24) is 15.0 Å². The third-order valence-corrected chi connectivity index (χ3v) is 8.09. The molecule has 230 valence electrons. The Hall–Kier alpha value is -2.96. The van der Waals surface area contributed by atoms with Gasteiger partial charge in [-0.25, -0.2) is 18.1 Å². The molecule has 2 aromatic carbocycles. The van der Waals surface area contributed by atoms with Crippen molar-refractivity contribution in [3.05, 3.63) is 54.7 Å². The van der Waals surface area contributed by atoms with Crippen LogP contribution in [-0.2, 0) is 24.3 Å². The molecule has 0 aliphatic carbocycles. The molecule has 2 N–H and O–H groups in total. The third kappa shape index (κ3) is 11.4. The average molecular weight is 621 g/mol. The maximum absolute atomic E-state index is 12.7. The van der Waals surface area contributed by atoms with Gasteiger partial charge in [-0.1, -0.05) is 12.8 Å². The molecule has 10 nitrogen and oxygen atoms in total. The summed E-state index contributed by atoms with van der Waals surface area (Å²) in [4.78, 5) is 18.5. The van der Waals surface area contributed by atoms with Crippen molar-refractivity contribution in [2.45, 2.75) is 37.0 Å². The summed E-state index contributed by atoms with van der Waals surface area (Å²) < 4.78 is 44.7. The SMILES string of the molecule is CN(C)c1ccc(-c2cnc(-c3ccc(S(=O)(=O)NCCC(=O)NCCOCCOCCCCCCCl)cc3)o2)cc1. The molecule has 0 fully saturated rings. The van der Waals surface area contributed by atoms with Crippen LogP contribution in [-0.4, -0.2) is 78.8 Å². The number of carbonyl (C=O) groups is 1. The first kappa shape index (κ1) is 33.5. The number of sulfonamides is 1. The molecular formula is C30H41ClN4O6S. The predicted molar refractivity (Wildman–Crippen MR) is 165 cm³/mol. The molecule has 0 bridgehead atoms. The molecule has 0 atom stereocenters. The second-order valence-electron chi connectivity index (χ2n) is 9.82. The first-order valence-corrected chi connectivity index (χ1v) is 16.1. The summed E-state index contributed by atoms with van der Waals surface area (Å²) in [7, 11) is 0.170. The van der Waals surface area contributed by atoms with E-state index in [1.165, 1.54) is 12.1 Å². The topological polar surface area (TPSA) is 123 Å². The fourth-order valence-corrected chi connectivity index (χ4v) is 5.17. The van der Waals surface area contributed by atoms with E-state index in [9.17, 15) is 13.2 Å². The average Bonchev–Trinajstić information content (AvgIpc) is 3.48. The van der Waals surface area contributed by atoms with E-state index in [0.717, 1.165) is 36.9 Å². The molecule has 0 saturated carbocycles. The van der Waals surface area contributed by atoms with Gasteiger partial charge in [0.05, 0.1) is 30.9 Å². The Labute approximate surface area is 253 Å². The lowest BCUT2D eigenvalue weighted by Crippen LogP contribution is -2.32. The number of halogens is 1. The number of nitrogens with zero attached hydrogens (tertiary/aromatic N) is 2. The second-order valence-corrected chi connectivity index (χ2v) is 12.0. The lowest BCUT2D eigenvalue weighted by Gasteiger charge is -2.11. The summed E-state index contributed by atoms with van der Waals surface area (Å²) in [6.07, 6.45) is 5.94. The smallest absolute Gasteiger partial charge is 0.240 e. The molecule has 0 radical (unpaired) electrons. The molecule has 42 heavy (non-hydrogen) atoms. The number of unbranched alkanes of at least 4 members (excludes halogenated alkanes) is 3. The monoisotopic (exact) mass is 620 g/mol. The van der Waals surface area contributed by atoms with Crippen molar-refractivity contribution < 1.29 is 27.1 Å². The molecule has 0 aliphatic heterocycles. The van der Waals surface area contributed by atoms with Crippen LogP contribution in [0.1, 0.15) is 32.1 Å². The third-order valence-electron chi connectivity index (χ3n) is 6.34. The van der Waals surface area contributed by atoms with E-state index in [0.29, 0.717) is 56.1 Å². The van der Waals surface area contributed by atoms with Gasteiger partial charge >= 0.3 is 0 Å². The van der Waals surface area contributed by atoms with Crippen molar-refractivity contribution in [3.63, 3.8) is 0 Å². The molecule has 12 heteroatoms. The highest BCUT2D eigenvalue weighted by molar-refractivity contribution is 7.89. The lowest BCUT2D eigenvalue weighted by atomic mass is 10.1. The maximum Gasteiger partial charge on any atom is 0.240 e. The molecule has 0 saturated heterocycles. The van der Waals surface area contributed by atoms with Gasteiger partial charge in [0.25, 0.3) is 0 Å². The molecule has 1 heterocycles. The van der Waals surface area contributed by atoms with E-state index in [1.54, 1.807) is 18.3 Å². The summed E-state index contributed by atoms with van der Waals surface area (Å²) in [5, 5.41) is 2.72. The maximum atomic E-state index is 12.7. The number of alkyl halides is 1. The number of anilines is 1. The van der Waals surface area contributed by atoms with Gasteiger partial charge < -0.3 is 24.1 Å². The van der Waals surface area contributed by atoms with Crippen molar-refractivity contribution in [3.8, 4) is 22.8 Å². The van der Waals surface area contributed by atoms with E-state index in [1.807, 2.05) is 43.3 Å². The molecule has 0 unspecified atom stereocenters. The van der Waals surface area contributed by atoms with Gasteiger partial charge in [-0.3, -0.25) is 4.79 Å². The van der Waals surface area contributed by atoms with Crippen LogP contribution >= 0.6 is 11.6 Å². The Bertz CT molecular complexity index is 1310. The van der Waals surface area contributed by atoms with E-state index in [2.05, 4.69) is 15.0 Å². The van der Waals surface area contributed by atoms with Crippen LogP contribution in [0.15, 0.2) is 64.0 Å². The lowest BCUT2D eigenvalue weighted by molar-refractivity contribution is -0.121. The summed E-state index contributed by atoms with van der Waals surface area (Å²) in [5.41, 5.74) is 2.62. The fraction of sp³-hybridized carbons (Fsp3) is 0.467. The van der Waals surface area contributed by atoms with Gasteiger partial charge in [-0.2, -0.15) is 0 Å². The number of carbonyl (C=O) groups excluding carboxylic acids is 1. The van der Waals surface area contributed by atoms with Gasteiger partial charge in [0.15, 0.2) is 5.76 Å². The minimum Gasteiger partial charge on any atom is -0.436 e. The number of nitrogens with one attached hydrogen (secondary N) is 2. The molecule has 1 amide bonds. The Morgan fingerprint density at radius 2 is 1.55 bits per heavy atom. The van der Waals surface area contributed by atoms with Crippen LogP contribution in [0.3, 0.4) is 0 Å². The van der Waals surface area contributed by atoms with Gasteiger partial charge in [0, 0.05) is 62.9 Å². The summed E-state index contributed by atoms with van der Waals surface area (Å²) in [6.45, 7) is 2.35. The van der Waals surface area contributed by atoms with Crippen molar-refractivity contribution >= 4 is 33.2 Å². The number of aromatic nitrogens is 1. The number of benzene rings is 2. The summed E-state index contributed by atoms with van der Waals surface area (Å²) in [6, 6.07) is 14.2. The highest BCUT2D eigenvalue weighted by Gasteiger charge is 2.16. The normalized spacial score (nSPS) is 11.5. The van der Waals surface area contributed by atoms with Gasteiger partial charge in [0.1, 0.15) is 0 Å². The Balaban J connectivity index is 1.33. The highest BCUT2D eigenvalue weighted by atomic mass is 35.5.